The van der Waals surface area contributed by atoms with Crippen LogP contribution in [-0.2, 0) is 16.0 Å². The van der Waals surface area contributed by atoms with Gasteiger partial charge in [-0.2, -0.15) is 0 Å². The van der Waals surface area contributed by atoms with Crippen molar-refractivity contribution in [1.29, 1.82) is 0 Å². The van der Waals surface area contributed by atoms with Crippen LogP contribution in [0.25, 0.3) is 0 Å². The average Bonchev–Trinajstić information content (AvgIpc) is 2.69. The summed E-state index contributed by atoms with van der Waals surface area (Å²) in [5.74, 6) is -0.205. The summed E-state index contributed by atoms with van der Waals surface area (Å²) in [4.78, 5) is 11.8. The molecule has 0 fully saturated rings. The molecule has 1 aromatic rings. The molecule has 0 spiro atoms. The van der Waals surface area contributed by atoms with Crippen molar-refractivity contribution < 1.29 is 9.53 Å². The number of allylic oxidation sites excluding steroid dienone is 2. The van der Waals surface area contributed by atoms with E-state index in [0.29, 0.717) is 12.2 Å². The van der Waals surface area contributed by atoms with Crippen LogP contribution in [-0.4, -0.2) is 12.6 Å². The average molecular weight is 242 g/mol. The van der Waals surface area contributed by atoms with Gasteiger partial charge in [-0.1, -0.05) is 48.6 Å². The minimum absolute atomic E-state index is 0.205. The van der Waals surface area contributed by atoms with Crippen molar-refractivity contribution in [1.82, 2.24) is 0 Å². The first kappa shape index (κ1) is 12.6. The predicted octanol–water partition coefficient (Wildman–Crippen LogP) is 3.44. The fourth-order valence-corrected chi connectivity index (χ4v) is 1.91. The maximum atomic E-state index is 11.8. The second kappa shape index (κ2) is 6.80. The van der Waals surface area contributed by atoms with Crippen molar-refractivity contribution in [3.8, 4) is 0 Å². The second-order valence-electron chi connectivity index (χ2n) is 4.36. The molecule has 2 heteroatoms. The van der Waals surface area contributed by atoms with Crippen LogP contribution >= 0.6 is 0 Å². The highest BCUT2D eigenvalue weighted by atomic mass is 16.5. The van der Waals surface area contributed by atoms with Gasteiger partial charge >= 0.3 is 5.97 Å². The monoisotopic (exact) mass is 242 g/mol. The molecule has 0 heterocycles. The Labute approximate surface area is 108 Å². The summed E-state index contributed by atoms with van der Waals surface area (Å²) in [7, 11) is 0. The van der Waals surface area contributed by atoms with Crippen LogP contribution in [0.2, 0.25) is 0 Å². The number of carbonyl (C=O) groups is 1. The Bertz CT molecular complexity index is 443. The molecule has 0 aliphatic heterocycles. The first-order valence-corrected chi connectivity index (χ1v) is 6.44. The largest absolute Gasteiger partial charge is 0.462 e. The summed E-state index contributed by atoms with van der Waals surface area (Å²) >= 11 is 0. The maximum Gasteiger partial charge on any atom is 0.337 e. The second-order valence-corrected chi connectivity index (χ2v) is 4.36. The molecule has 0 aromatic heterocycles. The van der Waals surface area contributed by atoms with Crippen LogP contribution < -0.4 is 0 Å². The van der Waals surface area contributed by atoms with Gasteiger partial charge in [0.25, 0.3) is 0 Å². The zero-order valence-electron chi connectivity index (χ0n) is 10.5. The lowest BCUT2D eigenvalue weighted by molar-refractivity contribution is -0.138. The highest BCUT2D eigenvalue weighted by Gasteiger charge is 2.08. The number of ether oxygens (including phenoxy) is 1. The molecular weight excluding hydrogens is 224 g/mol. The molecule has 2 nitrogen and oxygen atoms in total. The minimum atomic E-state index is -0.205. The van der Waals surface area contributed by atoms with E-state index >= 15 is 0 Å². The third-order valence-corrected chi connectivity index (χ3v) is 2.94. The van der Waals surface area contributed by atoms with E-state index in [1.807, 2.05) is 48.6 Å². The van der Waals surface area contributed by atoms with Gasteiger partial charge in [-0.3, -0.25) is 0 Å². The van der Waals surface area contributed by atoms with Gasteiger partial charge in [-0.15, -0.1) is 0 Å². The summed E-state index contributed by atoms with van der Waals surface area (Å²) in [6, 6.07) is 10.1. The fraction of sp³-hybridized carbons (Fsp3) is 0.312. The Balaban J connectivity index is 1.80. The van der Waals surface area contributed by atoms with Gasteiger partial charge in [0, 0.05) is 6.42 Å². The minimum Gasteiger partial charge on any atom is -0.462 e. The van der Waals surface area contributed by atoms with Crippen molar-refractivity contribution in [2.75, 3.05) is 6.61 Å². The highest BCUT2D eigenvalue weighted by molar-refractivity contribution is 5.91. The van der Waals surface area contributed by atoms with Crippen LogP contribution in [0.3, 0.4) is 0 Å². The van der Waals surface area contributed by atoms with Gasteiger partial charge in [-0.25, -0.2) is 4.79 Å². The molecule has 0 radical (unpaired) electrons. The Morgan fingerprint density at radius 2 is 2.00 bits per heavy atom. The van der Waals surface area contributed by atoms with Crippen LogP contribution in [0.1, 0.15) is 24.8 Å². The lowest BCUT2D eigenvalue weighted by atomic mass is 10.2. The van der Waals surface area contributed by atoms with Crippen molar-refractivity contribution in [3.05, 3.63) is 59.7 Å². The van der Waals surface area contributed by atoms with Crippen molar-refractivity contribution in [2.45, 2.75) is 25.7 Å². The first-order valence-electron chi connectivity index (χ1n) is 6.44. The molecule has 94 valence electrons. The SMILES string of the molecule is O=C(OCCc1ccccc1)C1=CCCCC=C1. The summed E-state index contributed by atoms with van der Waals surface area (Å²) in [6.07, 6.45) is 9.75. The molecule has 1 aliphatic carbocycles. The Morgan fingerprint density at radius 3 is 2.83 bits per heavy atom. The van der Waals surface area contributed by atoms with Crippen molar-refractivity contribution in [3.63, 3.8) is 0 Å². The maximum absolute atomic E-state index is 11.8. The Morgan fingerprint density at radius 1 is 1.17 bits per heavy atom. The van der Waals surface area contributed by atoms with Crippen LogP contribution in [0.4, 0.5) is 0 Å². The standard InChI is InChI=1S/C16H18O2/c17-16(15-10-6-1-2-7-11-15)18-13-12-14-8-4-3-5-9-14/h3-6,8-11H,1-2,7,12-13H2. The summed E-state index contributed by atoms with van der Waals surface area (Å²) in [5.41, 5.74) is 1.89. The lowest BCUT2D eigenvalue weighted by Crippen LogP contribution is -2.09. The zero-order chi connectivity index (χ0) is 12.6. The van der Waals surface area contributed by atoms with Crippen molar-refractivity contribution in [2.24, 2.45) is 0 Å². The fourth-order valence-electron chi connectivity index (χ4n) is 1.91. The molecule has 0 amide bonds. The smallest absolute Gasteiger partial charge is 0.337 e. The van der Waals surface area contributed by atoms with Gasteiger partial charge in [-0.05, 0) is 24.8 Å². The van der Waals surface area contributed by atoms with E-state index < -0.39 is 0 Å². The Kier molecular flexibility index (Phi) is 4.77. The van der Waals surface area contributed by atoms with Crippen LogP contribution in [0.15, 0.2) is 54.1 Å². The van der Waals surface area contributed by atoms with Gasteiger partial charge < -0.3 is 4.74 Å². The van der Waals surface area contributed by atoms with E-state index in [-0.39, 0.29) is 5.97 Å². The molecule has 0 unspecified atom stereocenters. The molecular formula is C16H18O2. The number of hydrogen-bond acceptors (Lipinski definition) is 2. The molecule has 2 rings (SSSR count). The third-order valence-electron chi connectivity index (χ3n) is 2.94. The van der Waals surface area contributed by atoms with E-state index in [2.05, 4.69) is 0 Å². The molecule has 1 aromatic carbocycles. The number of carbonyl (C=O) groups excluding carboxylic acids is 1. The van der Waals surface area contributed by atoms with E-state index in [0.717, 1.165) is 25.7 Å². The number of rotatable bonds is 4. The van der Waals surface area contributed by atoms with E-state index in [4.69, 9.17) is 4.74 Å². The van der Waals surface area contributed by atoms with Gasteiger partial charge in [0.15, 0.2) is 0 Å². The molecule has 0 bridgehead atoms. The van der Waals surface area contributed by atoms with Crippen molar-refractivity contribution >= 4 is 5.97 Å². The lowest BCUT2D eigenvalue weighted by Gasteiger charge is -2.05. The molecule has 18 heavy (non-hydrogen) atoms. The summed E-state index contributed by atoms with van der Waals surface area (Å²) < 4.78 is 5.28. The molecule has 0 saturated heterocycles. The number of benzene rings is 1. The van der Waals surface area contributed by atoms with E-state index in [1.165, 1.54) is 5.56 Å². The number of esters is 1. The van der Waals surface area contributed by atoms with Crippen LogP contribution in [0.5, 0.6) is 0 Å². The summed E-state index contributed by atoms with van der Waals surface area (Å²) in [6.45, 7) is 0.439. The molecule has 0 N–H and O–H groups in total. The molecule has 0 atom stereocenters. The van der Waals surface area contributed by atoms with E-state index in [9.17, 15) is 4.79 Å². The molecule has 0 saturated carbocycles. The molecule has 1 aliphatic rings. The third kappa shape index (κ3) is 3.88. The van der Waals surface area contributed by atoms with Gasteiger partial charge in [0.05, 0.1) is 12.2 Å². The first-order chi connectivity index (χ1) is 8.86. The highest BCUT2D eigenvalue weighted by Crippen LogP contribution is 2.11. The summed E-state index contributed by atoms with van der Waals surface area (Å²) in [5, 5.41) is 0. The zero-order valence-corrected chi connectivity index (χ0v) is 10.5. The number of hydrogen-bond donors (Lipinski definition) is 0. The normalized spacial score (nSPS) is 14.8. The van der Waals surface area contributed by atoms with Gasteiger partial charge in [0.1, 0.15) is 0 Å². The van der Waals surface area contributed by atoms with Crippen LogP contribution in [0, 0.1) is 0 Å². The van der Waals surface area contributed by atoms with E-state index in [1.54, 1.807) is 0 Å². The predicted molar refractivity (Wildman–Crippen MR) is 72.2 cm³/mol. The quantitative estimate of drug-likeness (QED) is 0.756. The Hall–Kier alpha value is -1.83. The topological polar surface area (TPSA) is 26.3 Å². The van der Waals surface area contributed by atoms with Gasteiger partial charge in [0.2, 0.25) is 0 Å².